The van der Waals surface area contributed by atoms with Gasteiger partial charge in [-0.3, -0.25) is 9.59 Å². The summed E-state index contributed by atoms with van der Waals surface area (Å²) >= 11 is 1.37. The van der Waals surface area contributed by atoms with Crippen LogP contribution in [0.5, 0.6) is 0 Å². The molecular formula is C15H15NO4S. The molecule has 0 atom stereocenters. The minimum absolute atomic E-state index is 0.0324. The largest absolute Gasteiger partial charge is 0.481 e. The van der Waals surface area contributed by atoms with Gasteiger partial charge in [-0.05, 0) is 44.0 Å². The summed E-state index contributed by atoms with van der Waals surface area (Å²) in [6.45, 7) is 1.88. The van der Waals surface area contributed by atoms with Crippen LogP contribution in [0, 0.1) is 12.8 Å². The molecule has 0 radical (unpaired) electrons. The van der Waals surface area contributed by atoms with Gasteiger partial charge in [-0.1, -0.05) is 0 Å². The molecule has 1 amide bonds. The molecule has 3 rings (SSSR count). The van der Waals surface area contributed by atoms with E-state index in [0.29, 0.717) is 17.7 Å². The lowest BCUT2D eigenvalue weighted by Gasteiger charge is -2.32. The highest BCUT2D eigenvalue weighted by Crippen LogP contribution is 2.31. The SMILES string of the molecule is Cc1ccc(-c2ccc(C(=O)NC3CC(C(=O)O)C3)s2)o1. The van der Waals surface area contributed by atoms with Gasteiger partial charge in [-0.2, -0.15) is 0 Å². The molecular weight excluding hydrogens is 290 g/mol. The molecule has 1 aliphatic rings. The first kappa shape index (κ1) is 13.9. The molecule has 2 aromatic rings. The standard InChI is InChI=1S/C15H15NO4S/c1-8-2-3-11(20-8)12-4-5-13(21-12)14(17)16-10-6-9(7-10)15(18)19/h2-5,9-10H,6-7H2,1H3,(H,16,17)(H,18,19). The molecule has 110 valence electrons. The Balaban J connectivity index is 1.61. The molecule has 0 spiro atoms. The van der Waals surface area contributed by atoms with Crippen molar-refractivity contribution in [2.24, 2.45) is 5.92 Å². The first-order chi connectivity index (χ1) is 10.0. The van der Waals surface area contributed by atoms with Crippen molar-refractivity contribution in [3.63, 3.8) is 0 Å². The van der Waals surface area contributed by atoms with Crippen molar-refractivity contribution in [2.75, 3.05) is 0 Å². The van der Waals surface area contributed by atoms with Gasteiger partial charge in [0.15, 0.2) is 0 Å². The van der Waals surface area contributed by atoms with Crippen molar-refractivity contribution in [1.82, 2.24) is 5.32 Å². The molecule has 2 heterocycles. The quantitative estimate of drug-likeness (QED) is 0.910. The molecule has 1 saturated carbocycles. The summed E-state index contributed by atoms with van der Waals surface area (Å²) in [6.07, 6.45) is 1.02. The normalized spacial score (nSPS) is 20.8. The van der Waals surface area contributed by atoms with Gasteiger partial charge in [-0.25, -0.2) is 0 Å². The van der Waals surface area contributed by atoms with Gasteiger partial charge in [0.1, 0.15) is 11.5 Å². The van der Waals surface area contributed by atoms with Gasteiger partial charge in [0.2, 0.25) is 0 Å². The van der Waals surface area contributed by atoms with Gasteiger partial charge < -0.3 is 14.8 Å². The van der Waals surface area contributed by atoms with E-state index < -0.39 is 5.97 Å². The highest BCUT2D eigenvalue weighted by Gasteiger charge is 2.35. The Morgan fingerprint density at radius 2 is 2.05 bits per heavy atom. The van der Waals surface area contributed by atoms with Crippen LogP contribution >= 0.6 is 11.3 Å². The lowest BCUT2D eigenvalue weighted by molar-refractivity contribution is -0.145. The molecule has 5 nitrogen and oxygen atoms in total. The molecule has 0 bridgehead atoms. The third-order valence-electron chi connectivity index (χ3n) is 3.64. The number of carboxylic acids is 1. The first-order valence-electron chi connectivity index (χ1n) is 6.73. The number of hydrogen-bond donors (Lipinski definition) is 2. The number of furan rings is 1. The number of carboxylic acid groups (broad SMARTS) is 1. The number of aliphatic carboxylic acids is 1. The Kier molecular flexibility index (Phi) is 3.55. The molecule has 2 aromatic heterocycles. The third-order valence-corrected chi connectivity index (χ3v) is 4.73. The number of nitrogens with one attached hydrogen (secondary N) is 1. The van der Waals surface area contributed by atoms with Crippen LogP contribution in [0.4, 0.5) is 0 Å². The Bertz CT molecular complexity index is 681. The minimum Gasteiger partial charge on any atom is -0.481 e. The van der Waals surface area contributed by atoms with Crippen LogP contribution < -0.4 is 5.32 Å². The van der Waals surface area contributed by atoms with E-state index in [1.54, 1.807) is 6.07 Å². The Labute approximate surface area is 125 Å². The molecule has 21 heavy (non-hydrogen) atoms. The van der Waals surface area contributed by atoms with Crippen molar-refractivity contribution >= 4 is 23.2 Å². The van der Waals surface area contributed by atoms with Crippen molar-refractivity contribution in [1.29, 1.82) is 0 Å². The van der Waals surface area contributed by atoms with E-state index in [-0.39, 0.29) is 17.9 Å². The van der Waals surface area contributed by atoms with Crippen LogP contribution in [0.2, 0.25) is 0 Å². The van der Waals surface area contributed by atoms with Gasteiger partial charge in [0.05, 0.1) is 15.7 Å². The molecule has 0 aliphatic heterocycles. The van der Waals surface area contributed by atoms with Crippen LogP contribution in [-0.2, 0) is 4.79 Å². The van der Waals surface area contributed by atoms with Gasteiger partial charge in [0, 0.05) is 6.04 Å². The lowest BCUT2D eigenvalue weighted by Crippen LogP contribution is -2.46. The van der Waals surface area contributed by atoms with E-state index >= 15 is 0 Å². The maximum absolute atomic E-state index is 12.1. The average Bonchev–Trinajstić information content (AvgIpc) is 3.00. The third kappa shape index (κ3) is 2.85. The molecule has 0 saturated heterocycles. The first-order valence-corrected chi connectivity index (χ1v) is 7.55. The number of carbonyl (C=O) groups is 2. The molecule has 2 N–H and O–H groups in total. The highest BCUT2D eigenvalue weighted by atomic mass is 32.1. The van der Waals surface area contributed by atoms with E-state index in [1.165, 1.54) is 11.3 Å². The van der Waals surface area contributed by atoms with E-state index in [2.05, 4.69) is 5.32 Å². The van der Waals surface area contributed by atoms with E-state index in [4.69, 9.17) is 9.52 Å². The number of hydrogen-bond acceptors (Lipinski definition) is 4. The summed E-state index contributed by atoms with van der Waals surface area (Å²) in [7, 11) is 0. The van der Waals surface area contributed by atoms with Crippen LogP contribution in [0.15, 0.2) is 28.7 Å². The van der Waals surface area contributed by atoms with Crippen molar-refractivity contribution in [2.45, 2.75) is 25.8 Å². The zero-order chi connectivity index (χ0) is 15.0. The van der Waals surface area contributed by atoms with Crippen molar-refractivity contribution < 1.29 is 19.1 Å². The topological polar surface area (TPSA) is 79.5 Å². The smallest absolute Gasteiger partial charge is 0.306 e. The summed E-state index contributed by atoms with van der Waals surface area (Å²) in [6, 6.07) is 7.36. The van der Waals surface area contributed by atoms with Gasteiger partial charge in [0.25, 0.3) is 5.91 Å². The molecule has 6 heteroatoms. The van der Waals surface area contributed by atoms with Crippen molar-refractivity contribution in [3.8, 4) is 10.6 Å². The maximum atomic E-state index is 12.1. The molecule has 0 unspecified atom stereocenters. The highest BCUT2D eigenvalue weighted by molar-refractivity contribution is 7.17. The average molecular weight is 305 g/mol. The van der Waals surface area contributed by atoms with Crippen LogP contribution in [0.3, 0.4) is 0 Å². The maximum Gasteiger partial charge on any atom is 0.306 e. The van der Waals surface area contributed by atoms with Crippen LogP contribution in [0.25, 0.3) is 10.6 Å². The van der Waals surface area contributed by atoms with Crippen LogP contribution in [-0.4, -0.2) is 23.0 Å². The second kappa shape index (κ2) is 5.37. The lowest BCUT2D eigenvalue weighted by atomic mass is 9.80. The number of amides is 1. The Morgan fingerprint density at radius 1 is 1.29 bits per heavy atom. The molecule has 1 fully saturated rings. The Morgan fingerprint density at radius 3 is 2.67 bits per heavy atom. The fraction of sp³-hybridized carbons (Fsp3) is 0.333. The minimum atomic E-state index is -0.785. The number of thiophene rings is 1. The van der Waals surface area contributed by atoms with E-state index in [1.807, 2.05) is 25.1 Å². The second-order valence-corrected chi connectivity index (χ2v) is 6.33. The predicted molar refractivity (Wildman–Crippen MR) is 78.4 cm³/mol. The Hall–Kier alpha value is -2.08. The van der Waals surface area contributed by atoms with E-state index in [0.717, 1.165) is 16.4 Å². The predicted octanol–water partition coefficient (Wildman–Crippen LogP) is 2.91. The van der Waals surface area contributed by atoms with Gasteiger partial charge in [-0.15, -0.1) is 11.3 Å². The summed E-state index contributed by atoms with van der Waals surface area (Å²) in [4.78, 5) is 24.3. The summed E-state index contributed by atoms with van der Waals surface area (Å²) < 4.78 is 5.53. The fourth-order valence-electron chi connectivity index (χ4n) is 2.35. The van der Waals surface area contributed by atoms with Crippen LogP contribution in [0.1, 0.15) is 28.3 Å². The van der Waals surface area contributed by atoms with Crippen molar-refractivity contribution in [3.05, 3.63) is 34.9 Å². The molecule has 1 aliphatic carbocycles. The number of carbonyl (C=O) groups excluding carboxylic acids is 1. The number of aryl methyl sites for hydroxylation is 1. The zero-order valence-electron chi connectivity index (χ0n) is 11.5. The monoisotopic (exact) mass is 305 g/mol. The summed E-state index contributed by atoms with van der Waals surface area (Å²) in [5, 5.41) is 11.7. The summed E-state index contributed by atoms with van der Waals surface area (Å²) in [5.41, 5.74) is 0. The summed E-state index contributed by atoms with van der Waals surface area (Å²) in [5.74, 6) is 0.334. The fourth-order valence-corrected chi connectivity index (χ4v) is 3.22. The second-order valence-electron chi connectivity index (χ2n) is 5.25. The van der Waals surface area contributed by atoms with Gasteiger partial charge >= 0.3 is 5.97 Å². The molecule has 0 aromatic carbocycles. The van der Waals surface area contributed by atoms with E-state index in [9.17, 15) is 9.59 Å². The zero-order valence-corrected chi connectivity index (χ0v) is 12.3. The number of rotatable bonds is 4.